The van der Waals surface area contributed by atoms with E-state index in [0.29, 0.717) is 24.6 Å². The molecule has 1 aromatic carbocycles. The minimum Gasteiger partial charge on any atom is -0.395 e. The van der Waals surface area contributed by atoms with Crippen LogP contribution in [-0.2, 0) is 4.79 Å². The van der Waals surface area contributed by atoms with Crippen molar-refractivity contribution in [1.29, 1.82) is 0 Å². The van der Waals surface area contributed by atoms with E-state index in [-0.39, 0.29) is 22.2 Å². The van der Waals surface area contributed by atoms with Crippen LogP contribution >= 0.6 is 11.5 Å². The monoisotopic (exact) mass is 445 g/mol. The summed E-state index contributed by atoms with van der Waals surface area (Å²) in [7, 11) is 0. The number of benzene rings is 1. The highest BCUT2D eigenvalue weighted by molar-refractivity contribution is 7.09. The molecule has 8 nitrogen and oxygen atoms in total. The van der Waals surface area contributed by atoms with Crippen molar-refractivity contribution in [1.82, 2.24) is 9.69 Å². The number of primary amides is 1. The van der Waals surface area contributed by atoms with Gasteiger partial charge < -0.3 is 16.8 Å². The lowest BCUT2D eigenvalue weighted by molar-refractivity contribution is -0.122. The Bertz CT molecular complexity index is 970. The molecule has 0 saturated carbocycles. The smallest absolute Gasteiger partial charge is 0.272 e. The molecule has 2 rings (SSSR count). The molecule has 3 amide bonds. The number of hydrogen-bond donors (Lipinski definition) is 3. The van der Waals surface area contributed by atoms with Gasteiger partial charge in [-0.2, -0.15) is 4.37 Å². The standard InChI is InChI=1S/C22H31N5O3S/c1-6-15(21(29)25-10-9-12(2)3)27(16-8-7-13(4)11-14(16)5)22(30)19-17(23)18(20(24)28)26-31-19/h7-8,11-12,15H,6,9-10,23H2,1-5H3,(H2,24,28)(H,25,29). The summed E-state index contributed by atoms with van der Waals surface area (Å²) in [5, 5.41) is 2.94. The second-order valence-electron chi connectivity index (χ2n) is 8.00. The first-order valence-corrected chi connectivity index (χ1v) is 11.1. The second kappa shape index (κ2) is 10.4. The molecule has 5 N–H and O–H groups in total. The minimum atomic E-state index is -0.802. The van der Waals surface area contributed by atoms with Crippen LogP contribution in [-0.4, -0.2) is 34.7 Å². The average molecular weight is 446 g/mol. The Morgan fingerprint density at radius 2 is 1.90 bits per heavy atom. The van der Waals surface area contributed by atoms with E-state index in [2.05, 4.69) is 23.5 Å². The summed E-state index contributed by atoms with van der Waals surface area (Å²) in [5.41, 5.74) is 13.6. The van der Waals surface area contributed by atoms with Crippen molar-refractivity contribution in [3.05, 3.63) is 39.9 Å². The molecule has 1 heterocycles. The van der Waals surface area contributed by atoms with Crippen molar-refractivity contribution in [2.45, 2.75) is 53.5 Å². The Balaban J connectivity index is 2.51. The third-order valence-electron chi connectivity index (χ3n) is 5.01. The minimum absolute atomic E-state index is 0.0627. The van der Waals surface area contributed by atoms with E-state index in [9.17, 15) is 14.4 Å². The van der Waals surface area contributed by atoms with E-state index < -0.39 is 17.9 Å². The van der Waals surface area contributed by atoms with E-state index in [1.807, 2.05) is 39.0 Å². The topological polar surface area (TPSA) is 131 Å². The van der Waals surface area contributed by atoms with Crippen LogP contribution in [0.5, 0.6) is 0 Å². The van der Waals surface area contributed by atoms with Crippen molar-refractivity contribution >= 4 is 40.6 Å². The maximum Gasteiger partial charge on any atom is 0.272 e. The van der Waals surface area contributed by atoms with Crippen LogP contribution in [0.2, 0.25) is 0 Å². The van der Waals surface area contributed by atoms with Crippen LogP contribution in [0, 0.1) is 19.8 Å². The van der Waals surface area contributed by atoms with Crippen LogP contribution in [0.1, 0.15) is 64.9 Å². The molecule has 0 aliphatic carbocycles. The highest BCUT2D eigenvalue weighted by Crippen LogP contribution is 2.30. The predicted octanol–water partition coefficient (Wildman–Crippen LogP) is 3.03. The van der Waals surface area contributed by atoms with Gasteiger partial charge in [0.2, 0.25) is 5.91 Å². The largest absolute Gasteiger partial charge is 0.395 e. The second-order valence-corrected chi connectivity index (χ2v) is 8.77. The van der Waals surface area contributed by atoms with Crippen LogP contribution in [0.4, 0.5) is 11.4 Å². The van der Waals surface area contributed by atoms with E-state index in [1.165, 1.54) is 4.90 Å². The number of anilines is 2. The molecule has 0 radical (unpaired) electrons. The van der Waals surface area contributed by atoms with Crippen molar-refractivity contribution in [2.24, 2.45) is 11.7 Å². The lowest BCUT2D eigenvalue weighted by Gasteiger charge is -2.31. The molecule has 2 aromatic rings. The lowest BCUT2D eigenvalue weighted by Crippen LogP contribution is -2.50. The number of hydrogen-bond acceptors (Lipinski definition) is 6. The van der Waals surface area contributed by atoms with Gasteiger partial charge >= 0.3 is 0 Å². The summed E-state index contributed by atoms with van der Waals surface area (Å²) < 4.78 is 3.94. The zero-order valence-electron chi connectivity index (χ0n) is 18.7. The van der Waals surface area contributed by atoms with E-state index in [1.54, 1.807) is 0 Å². The molecule has 1 unspecified atom stereocenters. The van der Waals surface area contributed by atoms with Crippen molar-refractivity contribution < 1.29 is 14.4 Å². The number of nitrogen functional groups attached to an aromatic ring is 1. The van der Waals surface area contributed by atoms with Gasteiger partial charge in [0.25, 0.3) is 11.8 Å². The molecule has 168 valence electrons. The van der Waals surface area contributed by atoms with Gasteiger partial charge in [0.1, 0.15) is 10.9 Å². The van der Waals surface area contributed by atoms with Gasteiger partial charge in [-0.25, -0.2) is 0 Å². The SMILES string of the molecule is CCC(C(=O)NCCC(C)C)N(C(=O)c1snc(C(N)=O)c1N)c1ccc(C)cc1C. The Hall–Kier alpha value is -2.94. The summed E-state index contributed by atoms with van der Waals surface area (Å²) in [4.78, 5) is 39.8. The van der Waals surface area contributed by atoms with Crippen LogP contribution in [0.3, 0.4) is 0 Å². The Labute approximate surface area is 187 Å². The van der Waals surface area contributed by atoms with E-state index in [4.69, 9.17) is 11.5 Å². The van der Waals surface area contributed by atoms with Gasteiger partial charge in [-0.15, -0.1) is 0 Å². The fourth-order valence-electron chi connectivity index (χ4n) is 3.32. The zero-order valence-corrected chi connectivity index (χ0v) is 19.5. The number of carbonyl (C=O) groups is 3. The zero-order chi connectivity index (χ0) is 23.3. The molecule has 0 bridgehead atoms. The van der Waals surface area contributed by atoms with Gasteiger partial charge in [-0.3, -0.25) is 19.3 Å². The summed E-state index contributed by atoms with van der Waals surface area (Å²) >= 11 is 0.807. The number of rotatable bonds is 9. The number of carbonyl (C=O) groups excluding carboxylic acids is 3. The van der Waals surface area contributed by atoms with Crippen LogP contribution < -0.4 is 21.7 Å². The third kappa shape index (κ3) is 5.61. The van der Waals surface area contributed by atoms with Crippen LogP contribution in [0.25, 0.3) is 0 Å². The number of aryl methyl sites for hydroxylation is 2. The molecule has 0 fully saturated rings. The number of nitrogens with two attached hydrogens (primary N) is 2. The molecule has 9 heteroatoms. The Kier molecular flexibility index (Phi) is 8.15. The van der Waals surface area contributed by atoms with Gasteiger partial charge in [-0.05, 0) is 55.8 Å². The highest BCUT2D eigenvalue weighted by Gasteiger charge is 2.34. The van der Waals surface area contributed by atoms with Gasteiger partial charge in [0.05, 0.1) is 5.69 Å². The molecule has 0 saturated heterocycles. The first kappa shape index (κ1) is 24.3. The molecule has 31 heavy (non-hydrogen) atoms. The number of amides is 3. The maximum atomic E-state index is 13.6. The fourth-order valence-corrected chi connectivity index (χ4v) is 4.06. The maximum absolute atomic E-state index is 13.6. The summed E-state index contributed by atoms with van der Waals surface area (Å²) in [6.45, 7) is 10.4. The molecule has 1 aromatic heterocycles. The average Bonchev–Trinajstić information content (AvgIpc) is 3.07. The molecule has 0 aliphatic heterocycles. The normalized spacial score (nSPS) is 11.9. The van der Waals surface area contributed by atoms with Crippen LogP contribution in [0.15, 0.2) is 18.2 Å². The Morgan fingerprint density at radius 3 is 2.42 bits per heavy atom. The third-order valence-corrected chi connectivity index (χ3v) is 5.86. The number of aromatic nitrogens is 1. The summed E-state index contributed by atoms with van der Waals surface area (Å²) in [6, 6.07) is 4.90. The van der Waals surface area contributed by atoms with Gasteiger partial charge in [0, 0.05) is 12.2 Å². The Morgan fingerprint density at radius 1 is 1.23 bits per heavy atom. The number of nitrogens with one attached hydrogen (secondary N) is 1. The van der Waals surface area contributed by atoms with Crippen molar-refractivity contribution in [3.8, 4) is 0 Å². The molecular formula is C22H31N5O3S. The molecular weight excluding hydrogens is 414 g/mol. The highest BCUT2D eigenvalue weighted by atomic mass is 32.1. The summed E-state index contributed by atoms with van der Waals surface area (Å²) in [6.07, 6.45) is 1.23. The first-order valence-electron chi connectivity index (χ1n) is 10.3. The fraction of sp³-hybridized carbons (Fsp3) is 0.455. The summed E-state index contributed by atoms with van der Waals surface area (Å²) in [5.74, 6) is -1.08. The van der Waals surface area contributed by atoms with E-state index >= 15 is 0 Å². The van der Waals surface area contributed by atoms with Gasteiger partial charge in [-0.1, -0.05) is 38.5 Å². The van der Waals surface area contributed by atoms with Crippen molar-refractivity contribution in [3.63, 3.8) is 0 Å². The molecule has 0 aliphatic rings. The first-order chi connectivity index (χ1) is 14.6. The predicted molar refractivity (Wildman–Crippen MR) is 124 cm³/mol. The number of nitrogens with zero attached hydrogens (tertiary/aromatic N) is 2. The molecule has 1 atom stereocenters. The molecule has 0 spiro atoms. The van der Waals surface area contributed by atoms with E-state index in [0.717, 1.165) is 29.1 Å². The quantitative estimate of drug-likeness (QED) is 0.546. The van der Waals surface area contributed by atoms with Crippen molar-refractivity contribution in [2.75, 3.05) is 17.2 Å². The lowest BCUT2D eigenvalue weighted by atomic mass is 10.0. The van der Waals surface area contributed by atoms with Gasteiger partial charge in [0.15, 0.2) is 5.69 Å².